The van der Waals surface area contributed by atoms with Crippen LogP contribution in [0.5, 0.6) is 0 Å². The van der Waals surface area contributed by atoms with E-state index in [4.69, 9.17) is 4.74 Å². The van der Waals surface area contributed by atoms with Crippen molar-refractivity contribution in [3.63, 3.8) is 0 Å². The van der Waals surface area contributed by atoms with Gasteiger partial charge in [-0.3, -0.25) is 4.79 Å². The third kappa shape index (κ3) is 4.34. The molecule has 0 fully saturated rings. The summed E-state index contributed by atoms with van der Waals surface area (Å²) >= 11 is 3.30. The Balaban J connectivity index is 1.74. The highest BCUT2D eigenvalue weighted by atomic mass is 32.2. The number of rotatable bonds is 7. The highest BCUT2D eigenvalue weighted by Gasteiger charge is 2.25. The second-order valence-electron chi connectivity index (χ2n) is 6.85. The number of hydrogen-bond acceptors (Lipinski definition) is 6. The minimum Gasteiger partial charge on any atom is -0.465 e. The SMILES string of the molecule is CCCCCOC(=O)[C@@H](C)Sc1ncnc2sc3c(c12)CC[C@@H](C)C3. The van der Waals surface area contributed by atoms with Gasteiger partial charge >= 0.3 is 5.97 Å². The van der Waals surface area contributed by atoms with Crippen LogP contribution in [0.2, 0.25) is 0 Å². The molecular weight excluding hydrogens is 352 g/mol. The zero-order valence-corrected chi connectivity index (χ0v) is 16.8. The first kappa shape index (κ1) is 18.6. The Hall–Kier alpha value is -1.14. The minimum atomic E-state index is -0.252. The van der Waals surface area contributed by atoms with Crippen LogP contribution in [0.25, 0.3) is 10.2 Å². The van der Waals surface area contributed by atoms with E-state index in [2.05, 4.69) is 23.8 Å². The Kier molecular flexibility index (Phi) is 6.34. The second-order valence-corrected chi connectivity index (χ2v) is 9.26. The average molecular weight is 379 g/mol. The first-order valence-electron chi connectivity index (χ1n) is 9.18. The molecule has 25 heavy (non-hydrogen) atoms. The Morgan fingerprint density at radius 2 is 2.28 bits per heavy atom. The lowest BCUT2D eigenvalue weighted by Gasteiger charge is -2.18. The quantitative estimate of drug-likeness (QED) is 0.293. The van der Waals surface area contributed by atoms with E-state index in [-0.39, 0.29) is 11.2 Å². The summed E-state index contributed by atoms with van der Waals surface area (Å²) in [5.41, 5.74) is 1.41. The molecule has 0 spiro atoms. The third-order valence-electron chi connectivity index (χ3n) is 4.67. The van der Waals surface area contributed by atoms with Crippen LogP contribution in [0, 0.1) is 5.92 Å². The molecule has 0 bridgehead atoms. The van der Waals surface area contributed by atoms with E-state index < -0.39 is 0 Å². The molecule has 2 aromatic rings. The molecule has 1 aliphatic carbocycles. The van der Waals surface area contributed by atoms with Gasteiger partial charge in [0.2, 0.25) is 0 Å². The van der Waals surface area contributed by atoms with Gasteiger partial charge in [-0.25, -0.2) is 9.97 Å². The van der Waals surface area contributed by atoms with Crippen LogP contribution in [0.3, 0.4) is 0 Å². The molecule has 0 aromatic carbocycles. The predicted molar refractivity (Wildman–Crippen MR) is 104 cm³/mol. The number of ether oxygens (including phenoxy) is 1. The van der Waals surface area contributed by atoms with Gasteiger partial charge in [0.1, 0.15) is 21.4 Å². The third-order valence-corrected chi connectivity index (χ3v) is 6.91. The molecule has 0 radical (unpaired) electrons. The van der Waals surface area contributed by atoms with Gasteiger partial charge in [0, 0.05) is 10.3 Å². The fraction of sp³-hybridized carbons (Fsp3) is 0.632. The number of unbranched alkanes of at least 4 members (excludes halogenated alkanes) is 2. The number of carbonyl (C=O) groups excluding carboxylic acids is 1. The monoisotopic (exact) mass is 378 g/mol. The lowest BCUT2D eigenvalue weighted by molar-refractivity contribution is -0.142. The number of hydrogen-bond donors (Lipinski definition) is 0. The minimum absolute atomic E-state index is 0.148. The fourth-order valence-corrected chi connectivity index (χ4v) is 5.55. The van der Waals surface area contributed by atoms with E-state index in [0.717, 1.165) is 47.9 Å². The van der Waals surface area contributed by atoms with Crippen molar-refractivity contribution in [3.05, 3.63) is 16.8 Å². The highest BCUT2D eigenvalue weighted by Crippen LogP contribution is 2.41. The molecule has 0 aliphatic heterocycles. The topological polar surface area (TPSA) is 52.1 Å². The number of aryl methyl sites for hydroxylation is 1. The van der Waals surface area contributed by atoms with Crippen molar-refractivity contribution >= 4 is 39.3 Å². The van der Waals surface area contributed by atoms with E-state index in [9.17, 15) is 4.79 Å². The first-order valence-corrected chi connectivity index (χ1v) is 10.9. The van der Waals surface area contributed by atoms with Gasteiger partial charge in [-0.15, -0.1) is 11.3 Å². The highest BCUT2D eigenvalue weighted by molar-refractivity contribution is 8.00. The van der Waals surface area contributed by atoms with Crippen LogP contribution >= 0.6 is 23.1 Å². The number of fused-ring (bicyclic) bond motifs is 3. The van der Waals surface area contributed by atoms with Gasteiger partial charge in [0.25, 0.3) is 0 Å². The maximum absolute atomic E-state index is 12.2. The molecule has 0 saturated carbocycles. The van der Waals surface area contributed by atoms with Crippen LogP contribution in [-0.2, 0) is 22.4 Å². The summed E-state index contributed by atoms with van der Waals surface area (Å²) in [5, 5.41) is 1.85. The summed E-state index contributed by atoms with van der Waals surface area (Å²) in [6.07, 6.45) is 8.22. The molecule has 136 valence electrons. The smallest absolute Gasteiger partial charge is 0.319 e. The summed E-state index contributed by atoms with van der Waals surface area (Å²) < 4.78 is 5.40. The molecule has 2 aromatic heterocycles. The van der Waals surface area contributed by atoms with Crippen LogP contribution < -0.4 is 0 Å². The van der Waals surface area contributed by atoms with E-state index in [1.54, 1.807) is 17.7 Å². The van der Waals surface area contributed by atoms with Crippen molar-refractivity contribution in [3.8, 4) is 0 Å². The van der Waals surface area contributed by atoms with Crippen LogP contribution in [0.15, 0.2) is 11.4 Å². The van der Waals surface area contributed by atoms with Gasteiger partial charge < -0.3 is 4.74 Å². The van der Waals surface area contributed by atoms with E-state index >= 15 is 0 Å². The van der Waals surface area contributed by atoms with Crippen molar-refractivity contribution in [2.24, 2.45) is 5.92 Å². The number of esters is 1. The largest absolute Gasteiger partial charge is 0.465 e. The molecule has 3 rings (SSSR count). The Bertz CT molecular complexity index is 744. The molecule has 0 saturated heterocycles. The van der Waals surface area contributed by atoms with Crippen molar-refractivity contribution in [1.82, 2.24) is 9.97 Å². The van der Waals surface area contributed by atoms with Crippen molar-refractivity contribution in [2.45, 2.75) is 69.6 Å². The molecule has 1 aliphatic rings. The van der Waals surface area contributed by atoms with Gasteiger partial charge in [-0.05, 0) is 44.1 Å². The summed E-state index contributed by atoms with van der Waals surface area (Å²) in [5.74, 6) is 0.590. The number of thiophene rings is 1. The van der Waals surface area contributed by atoms with E-state index in [1.165, 1.54) is 34.0 Å². The average Bonchev–Trinajstić information content (AvgIpc) is 2.96. The maximum atomic E-state index is 12.2. The van der Waals surface area contributed by atoms with Crippen LogP contribution in [0.1, 0.15) is 56.9 Å². The normalized spacial score (nSPS) is 18.1. The molecule has 0 N–H and O–H groups in total. The lowest BCUT2D eigenvalue weighted by atomic mass is 9.89. The lowest BCUT2D eigenvalue weighted by Crippen LogP contribution is -2.18. The summed E-state index contributed by atoms with van der Waals surface area (Å²) in [6, 6.07) is 0. The molecule has 2 atom stereocenters. The molecule has 6 heteroatoms. The molecule has 0 unspecified atom stereocenters. The standard InChI is InChI=1S/C19H26N2O2S2/c1-4-5-6-9-23-19(22)13(3)24-17-16-14-8-7-12(2)10-15(14)25-18(16)21-11-20-17/h11-13H,4-10H2,1-3H3/t12-,13-/m1/s1. The molecule has 4 nitrogen and oxygen atoms in total. The van der Waals surface area contributed by atoms with Gasteiger partial charge in [-0.2, -0.15) is 0 Å². The molecule has 2 heterocycles. The number of nitrogens with zero attached hydrogens (tertiary/aromatic N) is 2. The summed E-state index contributed by atoms with van der Waals surface area (Å²) in [7, 11) is 0. The zero-order chi connectivity index (χ0) is 17.8. The predicted octanol–water partition coefficient (Wildman–Crippen LogP) is 5.03. The van der Waals surface area contributed by atoms with Crippen molar-refractivity contribution in [1.29, 1.82) is 0 Å². The summed E-state index contributed by atoms with van der Waals surface area (Å²) in [4.78, 5) is 23.7. The second kappa shape index (κ2) is 8.49. The molecular formula is C19H26N2O2S2. The maximum Gasteiger partial charge on any atom is 0.319 e. The number of aromatic nitrogens is 2. The zero-order valence-electron chi connectivity index (χ0n) is 15.2. The Morgan fingerprint density at radius 1 is 1.44 bits per heavy atom. The van der Waals surface area contributed by atoms with Gasteiger partial charge in [0.05, 0.1) is 6.61 Å². The number of thioether (sulfide) groups is 1. The van der Waals surface area contributed by atoms with E-state index in [1.807, 2.05) is 6.92 Å². The fourth-order valence-electron chi connectivity index (χ4n) is 3.19. The molecule has 0 amide bonds. The Labute approximate surface area is 157 Å². The van der Waals surface area contributed by atoms with Crippen molar-refractivity contribution in [2.75, 3.05) is 6.61 Å². The van der Waals surface area contributed by atoms with Crippen molar-refractivity contribution < 1.29 is 9.53 Å². The van der Waals surface area contributed by atoms with Crippen LogP contribution in [0.4, 0.5) is 0 Å². The number of carbonyl (C=O) groups is 1. The van der Waals surface area contributed by atoms with Gasteiger partial charge in [-0.1, -0.05) is 38.5 Å². The van der Waals surface area contributed by atoms with E-state index in [0.29, 0.717) is 6.61 Å². The van der Waals surface area contributed by atoms with Gasteiger partial charge in [0.15, 0.2) is 0 Å². The Morgan fingerprint density at radius 3 is 3.08 bits per heavy atom. The van der Waals surface area contributed by atoms with Crippen LogP contribution in [-0.4, -0.2) is 27.8 Å². The summed E-state index contributed by atoms with van der Waals surface area (Å²) in [6.45, 7) is 6.87. The first-order chi connectivity index (χ1) is 12.1.